The topological polar surface area (TPSA) is 58.4 Å². The fourth-order valence-electron chi connectivity index (χ4n) is 1.62. The van der Waals surface area contributed by atoms with E-state index in [-0.39, 0.29) is 5.91 Å². The van der Waals surface area contributed by atoms with Crippen molar-refractivity contribution in [1.82, 2.24) is 5.32 Å². The molecule has 0 aromatic heterocycles. The number of nitrogens with two attached hydrogens (primary N) is 1. The van der Waals surface area contributed by atoms with E-state index in [0.717, 1.165) is 22.2 Å². The maximum absolute atomic E-state index is 11.5. The first-order chi connectivity index (χ1) is 8.08. The van der Waals surface area contributed by atoms with Gasteiger partial charge < -0.3 is 16.0 Å². The number of carbonyl (C=O) groups excluding carboxylic acids is 1. The van der Waals surface area contributed by atoms with Crippen LogP contribution >= 0.6 is 22.6 Å². The fraction of sp³-hybridized carbons (Fsp3) is 0.417. The third-order valence-electron chi connectivity index (χ3n) is 2.44. The average molecular weight is 347 g/mol. The number of halogens is 1. The van der Waals surface area contributed by atoms with Crippen molar-refractivity contribution >= 4 is 39.9 Å². The zero-order valence-electron chi connectivity index (χ0n) is 10.2. The van der Waals surface area contributed by atoms with Gasteiger partial charge in [0.05, 0.1) is 17.9 Å². The number of nitrogens with one attached hydrogen (secondary N) is 1. The van der Waals surface area contributed by atoms with Gasteiger partial charge in [0.25, 0.3) is 0 Å². The molecule has 0 fully saturated rings. The van der Waals surface area contributed by atoms with Gasteiger partial charge in [0, 0.05) is 17.2 Å². The molecule has 0 aliphatic rings. The van der Waals surface area contributed by atoms with Gasteiger partial charge in [-0.05, 0) is 47.2 Å². The van der Waals surface area contributed by atoms with Crippen molar-refractivity contribution in [2.75, 3.05) is 30.8 Å². The molecule has 0 unspecified atom stereocenters. The van der Waals surface area contributed by atoms with Crippen molar-refractivity contribution in [1.29, 1.82) is 0 Å². The van der Waals surface area contributed by atoms with Gasteiger partial charge in [-0.15, -0.1) is 0 Å². The minimum Gasteiger partial charge on any atom is -0.397 e. The van der Waals surface area contributed by atoms with Gasteiger partial charge in [-0.2, -0.15) is 0 Å². The van der Waals surface area contributed by atoms with Crippen LogP contribution in [0, 0.1) is 3.57 Å². The molecule has 0 heterocycles. The molecule has 17 heavy (non-hydrogen) atoms. The number of rotatable bonds is 5. The first-order valence-electron chi connectivity index (χ1n) is 5.59. The minimum absolute atomic E-state index is 0.00333. The Kier molecular flexibility index (Phi) is 5.54. The van der Waals surface area contributed by atoms with Gasteiger partial charge >= 0.3 is 0 Å². The summed E-state index contributed by atoms with van der Waals surface area (Å²) in [5, 5.41) is 2.63. The predicted octanol–water partition coefficient (Wildman–Crippen LogP) is 1.84. The van der Waals surface area contributed by atoms with Gasteiger partial charge in [0.2, 0.25) is 5.91 Å². The Balaban J connectivity index is 2.92. The van der Waals surface area contributed by atoms with E-state index in [1.165, 1.54) is 0 Å². The van der Waals surface area contributed by atoms with Crippen molar-refractivity contribution in [3.05, 3.63) is 21.8 Å². The van der Waals surface area contributed by atoms with Crippen LogP contribution in [0.1, 0.15) is 13.3 Å². The molecule has 0 aliphatic heterocycles. The zero-order chi connectivity index (χ0) is 12.8. The maximum atomic E-state index is 11.5. The molecule has 94 valence electrons. The smallest absolute Gasteiger partial charge is 0.239 e. The Morgan fingerprint density at radius 2 is 2.24 bits per heavy atom. The Labute approximate surface area is 116 Å². The Morgan fingerprint density at radius 3 is 2.76 bits per heavy atom. The highest BCUT2D eigenvalue weighted by molar-refractivity contribution is 14.1. The standard InChI is InChI=1S/C12H18IN3O/c1-3-6-16(8-12(17)15-2)11-5-4-9(13)7-10(11)14/h4-5,7H,3,6,8,14H2,1-2H3,(H,15,17). The van der Waals surface area contributed by atoms with Crippen LogP contribution in [0.15, 0.2) is 18.2 Å². The van der Waals surface area contributed by atoms with E-state index in [9.17, 15) is 4.79 Å². The number of nitrogen functional groups attached to an aromatic ring is 1. The molecule has 1 aromatic rings. The molecule has 1 amide bonds. The van der Waals surface area contributed by atoms with E-state index in [1.54, 1.807) is 7.05 Å². The Morgan fingerprint density at radius 1 is 1.53 bits per heavy atom. The Bertz CT molecular complexity index is 395. The van der Waals surface area contributed by atoms with Crippen LogP contribution in [0.25, 0.3) is 0 Å². The van der Waals surface area contributed by atoms with Crippen LogP contribution in [-0.4, -0.2) is 26.0 Å². The molecule has 3 N–H and O–H groups in total. The largest absolute Gasteiger partial charge is 0.397 e. The third-order valence-corrected chi connectivity index (χ3v) is 3.11. The van der Waals surface area contributed by atoms with Crippen LogP contribution in [0.3, 0.4) is 0 Å². The van der Waals surface area contributed by atoms with Crippen molar-refractivity contribution < 1.29 is 4.79 Å². The molecule has 0 spiro atoms. The lowest BCUT2D eigenvalue weighted by molar-refractivity contribution is -0.119. The molecule has 1 rings (SSSR count). The number of nitrogens with zero attached hydrogens (tertiary/aromatic N) is 1. The lowest BCUT2D eigenvalue weighted by Gasteiger charge is -2.24. The van der Waals surface area contributed by atoms with Gasteiger partial charge in [0.15, 0.2) is 0 Å². The maximum Gasteiger partial charge on any atom is 0.239 e. The van der Waals surface area contributed by atoms with Crippen LogP contribution in [-0.2, 0) is 4.79 Å². The van der Waals surface area contributed by atoms with E-state index in [1.807, 2.05) is 23.1 Å². The Hall–Kier alpha value is -0.980. The summed E-state index contributed by atoms with van der Waals surface area (Å²) in [6, 6.07) is 5.89. The first kappa shape index (κ1) is 14.1. The fourth-order valence-corrected chi connectivity index (χ4v) is 2.14. The number of anilines is 2. The molecule has 0 saturated heterocycles. The number of likely N-dealkylation sites (N-methyl/N-ethyl adjacent to an activating group) is 1. The summed E-state index contributed by atoms with van der Waals surface area (Å²) in [6.07, 6.45) is 0.975. The zero-order valence-corrected chi connectivity index (χ0v) is 12.3. The van der Waals surface area contributed by atoms with Crippen molar-refractivity contribution in [3.8, 4) is 0 Å². The van der Waals surface area contributed by atoms with E-state index in [4.69, 9.17) is 5.73 Å². The number of hydrogen-bond acceptors (Lipinski definition) is 3. The average Bonchev–Trinajstić information content (AvgIpc) is 2.28. The normalized spacial score (nSPS) is 10.1. The van der Waals surface area contributed by atoms with Crippen LogP contribution in [0.2, 0.25) is 0 Å². The van der Waals surface area contributed by atoms with Gasteiger partial charge in [-0.1, -0.05) is 6.92 Å². The molecule has 4 nitrogen and oxygen atoms in total. The van der Waals surface area contributed by atoms with Crippen LogP contribution in [0.4, 0.5) is 11.4 Å². The van der Waals surface area contributed by atoms with Crippen LogP contribution < -0.4 is 16.0 Å². The summed E-state index contributed by atoms with van der Waals surface area (Å²) in [6.45, 7) is 3.24. The van der Waals surface area contributed by atoms with Crippen molar-refractivity contribution in [2.24, 2.45) is 0 Å². The number of hydrogen-bond donors (Lipinski definition) is 2. The molecule has 0 saturated carbocycles. The summed E-state index contributed by atoms with van der Waals surface area (Å²) in [5.74, 6) is -0.00333. The third kappa shape index (κ3) is 4.07. The van der Waals surface area contributed by atoms with Crippen LogP contribution in [0.5, 0.6) is 0 Å². The minimum atomic E-state index is -0.00333. The van der Waals surface area contributed by atoms with E-state index in [2.05, 4.69) is 34.8 Å². The molecular formula is C12H18IN3O. The van der Waals surface area contributed by atoms with Crippen molar-refractivity contribution in [3.63, 3.8) is 0 Å². The molecule has 1 aromatic carbocycles. The summed E-state index contributed by atoms with van der Waals surface area (Å²) in [4.78, 5) is 13.5. The molecule has 0 atom stereocenters. The second-order valence-electron chi connectivity index (χ2n) is 3.80. The van der Waals surface area contributed by atoms with Gasteiger partial charge in [-0.3, -0.25) is 4.79 Å². The predicted molar refractivity (Wildman–Crippen MR) is 80.1 cm³/mol. The summed E-state index contributed by atoms with van der Waals surface area (Å²) in [7, 11) is 1.64. The molecular weight excluding hydrogens is 329 g/mol. The SMILES string of the molecule is CCCN(CC(=O)NC)c1ccc(I)cc1N. The first-order valence-corrected chi connectivity index (χ1v) is 6.67. The van der Waals surface area contributed by atoms with E-state index in [0.29, 0.717) is 12.2 Å². The van der Waals surface area contributed by atoms with Crippen molar-refractivity contribution in [2.45, 2.75) is 13.3 Å². The molecule has 0 radical (unpaired) electrons. The van der Waals surface area contributed by atoms with E-state index >= 15 is 0 Å². The summed E-state index contributed by atoms with van der Waals surface area (Å²) >= 11 is 2.22. The lowest BCUT2D eigenvalue weighted by atomic mass is 10.2. The number of amides is 1. The van der Waals surface area contributed by atoms with Gasteiger partial charge in [-0.25, -0.2) is 0 Å². The monoisotopic (exact) mass is 347 g/mol. The highest BCUT2D eigenvalue weighted by Crippen LogP contribution is 2.25. The number of benzene rings is 1. The second-order valence-corrected chi connectivity index (χ2v) is 5.04. The number of carbonyl (C=O) groups is 1. The highest BCUT2D eigenvalue weighted by Gasteiger charge is 2.12. The molecule has 5 heteroatoms. The molecule has 0 aliphatic carbocycles. The van der Waals surface area contributed by atoms with E-state index < -0.39 is 0 Å². The summed E-state index contributed by atoms with van der Waals surface area (Å²) in [5.41, 5.74) is 7.64. The lowest BCUT2D eigenvalue weighted by Crippen LogP contribution is -2.36. The second kappa shape index (κ2) is 6.68. The highest BCUT2D eigenvalue weighted by atomic mass is 127. The summed E-state index contributed by atoms with van der Waals surface area (Å²) < 4.78 is 1.10. The van der Waals surface area contributed by atoms with Gasteiger partial charge in [0.1, 0.15) is 0 Å². The quantitative estimate of drug-likeness (QED) is 0.631. The molecule has 0 bridgehead atoms.